The normalized spacial score (nSPS) is 12.1. The van der Waals surface area contributed by atoms with Gasteiger partial charge in [-0.1, -0.05) is 6.07 Å². The first kappa shape index (κ1) is 18.2. The molecule has 3 aromatic heterocycles. The molecule has 0 unspecified atom stereocenters. The number of pyridine rings is 1. The van der Waals surface area contributed by atoms with Gasteiger partial charge in [-0.15, -0.1) is 11.3 Å². The van der Waals surface area contributed by atoms with Crippen molar-refractivity contribution < 1.29 is 9.90 Å². The van der Waals surface area contributed by atoms with Gasteiger partial charge in [0.05, 0.1) is 16.9 Å². The largest absolute Gasteiger partial charge is 0.394 e. The molecule has 26 heavy (non-hydrogen) atoms. The summed E-state index contributed by atoms with van der Waals surface area (Å²) in [5.41, 5.74) is 1.85. The van der Waals surface area contributed by atoms with E-state index in [1.807, 2.05) is 25.1 Å². The SMILES string of the molecule is Cc1c(C(=O)N[C@@H](C)CO)sc2ncnc(NCCc3ccccn3)c12. The molecule has 0 radical (unpaired) electrons. The molecule has 1 amide bonds. The Kier molecular flexibility index (Phi) is 5.75. The van der Waals surface area contributed by atoms with E-state index in [2.05, 4.69) is 25.6 Å². The molecule has 3 heterocycles. The first-order valence-electron chi connectivity index (χ1n) is 8.39. The molecule has 3 aromatic rings. The number of aromatic nitrogens is 3. The Hall–Kier alpha value is -2.58. The molecule has 0 aliphatic carbocycles. The number of fused-ring (bicyclic) bond motifs is 1. The van der Waals surface area contributed by atoms with Crippen LogP contribution in [0.5, 0.6) is 0 Å². The van der Waals surface area contributed by atoms with Gasteiger partial charge in [0.15, 0.2) is 0 Å². The summed E-state index contributed by atoms with van der Waals surface area (Å²) >= 11 is 1.33. The fourth-order valence-electron chi connectivity index (χ4n) is 2.61. The summed E-state index contributed by atoms with van der Waals surface area (Å²) in [5, 5.41) is 16.1. The van der Waals surface area contributed by atoms with E-state index in [0.29, 0.717) is 17.2 Å². The van der Waals surface area contributed by atoms with E-state index in [1.54, 1.807) is 13.1 Å². The van der Waals surface area contributed by atoms with E-state index < -0.39 is 0 Å². The lowest BCUT2D eigenvalue weighted by atomic mass is 10.2. The van der Waals surface area contributed by atoms with Gasteiger partial charge >= 0.3 is 0 Å². The maximum atomic E-state index is 12.4. The van der Waals surface area contributed by atoms with Crippen LogP contribution >= 0.6 is 11.3 Å². The molecule has 0 bridgehead atoms. The number of nitrogens with one attached hydrogen (secondary N) is 2. The van der Waals surface area contributed by atoms with E-state index in [1.165, 1.54) is 17.7 Å². The van der Waals surface area contributed by atoms with E-state index >= 15 is 0 Å². The number of anilines is 1. The number of hydrogen-bond donors (Lipinski definition) is 3. The summed E-state index contributed by atoms with van der Waals surface area (Å²) in [6.45, 7) is 4.23. The zero-order valence-electron chi connectivity index (χ0n) is 14.7. The van der Waals surface area contributed by atoms with Crippen molar-refractivity contribution in [2.75, 3.05) is 18.5 Å². The molecule has 1 atom stereocenters. The molecule has 0 aliphatic heterocycles. The average Bonchev–Trinajstić information content (AvgIpc) is 3.00. The number of hydrogen-bond acceptors (Lipinski definition) is 7. The number of rotatable bonds is 7. The van der Waals surface area contributed by atoms with E-state index in [4.69, 9.17) is 5.11 Å². The van der Waals surface area contributed by atoms with E-state index in [0.717, 1.165) is 27.9 Å². The maximum Gasteiger partial charge on any atom is 0.262 e. The van der Waals surface area contributed by atoms with Gasteiger partial charge in [0.1, 0.15) is 17.0 Å². The van der Waals surface area contributed by atoms with Crippen LogP contribution in [0.15, 0.2) is 30.7 Å². The van der Waals surface area contributed by atoms with Crippen molar-refractivity contribution >= 4 is 33.3 Å². The lowest BCUT2D eigenvalue weighted by Crippen LogP contribution is -2.34. The number of thiophene rings is 1. The Morgan fingerprint density at radius 2 is 2.15 bits per heavy atom. The smallest absolute Gasteiger partial charge is 0.262 e. The number of carbonyl (C=O) groups excluding carboxylic acids is 1. The van der Waals surface area contributed by atoms with Crippen molar-refractivity contribution in [3.8, 4) is 0 Å². The summed E-state index contributed by atoms with van der Waals surface area (Å²) in [6, 6.07) is 5.54. The third-order valence-corrected chi connectivity index (χ3v) is 5.18. The molecule has 0 aromatic carbocycles. The van der Waals surface area contributed by atoms with Gasteiger partial charge in [0.2, 0.25) is 0 Å². The highest BCUT2D eigenvalue weighted by atomic mass is 32.1. The number of aliphatic hydroxyl groups excluding tert-OH is 1. The van der Waals surface area contributed by atoms with E-state index in [-0.39, 0.29) is 18.6 Å². The zero-order chi connectivity index (χ0) is 18.5. The Morgan fingerprint density at radius 1 is 1.31 bits per heavy atom. The Morgan fingerprint density at radius 3 is 2.88 bits per heavy atom. The molecular formula is C18H21N5O2S. The minimum absolute atomic E-state index is 0.101. The summed E-state index contributed by atoms with van der Waals surface area (Å²) in [5.74, 6) is 0.514. The number of aryl methyl sites for hydroxylation is 1. The predicted octanol–water partition coefficient (Wildman–Crippen LogP) is 2.16. The second-order valence-electron chi connectivity index (χ2n) is 6.01. The van der Waals surface area contributed by atoms with Crippen LogP contribution in [0.3, 0.4) is 0 Å². The summed E-state index contributed by atoms with van der Waals surface area (Å²) in [7, 11) is 0. The molecule has 8 heteroatoms. The van der Waals surface area contributed by atoms with Gasteiger partial charge < -0.3 is 15.7 Å². The predicted molar refractivity (Wildman–Crippen MR) is 103 cm³/mol. The van der Waals surface area contributed by atoms with Gasteiger partial charge in [-0.2, -0.15) is 0 Å². The fourth-order valence-corrected chi connectivity index (χ4v) is 3.66. The van der Waals surface area contributed by atoms with Gasteiger partial charge in [0, 0.05) is 30.9 Å². The van der Waals surface area contributed by atoms with Crippen molar-refractivity contribution in [1.29, 1.82) is 0 Å². The van der Waals surface area contributed by atoms with Crippen molar-refractivity contribution in [2.24, 2.45) is 0 Å². The lowest BCUT2D eigenvalue weighted by Gasteiger charge is -2.10. The average molecular weight is 371 g/mol. The quantitative estimate of drug-likeness (QED) is 0.588. The number of aliphatic hydroxyl groups is 1. The van der Waals surface area contributed by atoms with Crippen LogP contribution in [0.1, 0.15) is 27.9 Å². The second-order valence-corrected chi connectivity index (χ2v) is 7.01. The van der Waals surface area contributed by atoms with Crippen LogP contribution in [0.4, 0.5) is 5.82 Å². The highest BCUT2D eigenvalue weighted by molar-refractivity contribution is 7.20. The van der Waals surface area contributed by atoms with Crippen LogP contribution < -0.4 is 10.6 Å². The summed E-state index contributed by atoms with van der Waals surface area (Å²) in [4.78, 5) is 26.7. The second kappa shape index (κ2) is 8.20. The topological polar surface area (TPSA) is 100 Å². The molecule has 0 fully saturated rings. The molecule has 7 nitrogen and oxygen atoms in total. The van der Waals surface area contributed by atoms with Crippen molar-refractivity contribution in [1.82, 2.24) is 20.3 Å². The number of nitrogens with zero attached hydrogens (tertiary/aromatic N) is 3. The monoisotopic (exact) mass is 371 g/mol. The first-order valence-corrected chi connectivity index (χ1v) is 9.21. The highest BCUT2D eigenvalue weighted by Gasteiger charge is 2.20. The van der Waals surface area contributed by atoms with Crippen LogP contribution in [0.2, 0.25) is 0 Å². The highest BCUT2D eigenvalue weighted by Crippen LogP contribution is 2.33. The van der Waals surface area contributed by atoms with Gasteiger partial charge in [-0.05, 0) is 31.5 Å². The minimum atomic E-state index is -0.297. The van der Waals surface area contributed by atoms with Crippen molar-refractivity contribution in [3.05, 3.63) is 46.9 Å². The first-order chi connectivity index (χ1) is 12.6. The Labute approximate surface area is 155 Å². The molecule has 0 spiro atoms. The van der Waals surface area contributed by atoms with Gasteiger partial charge in [-0.3, -0.25) is 9.78 Å². The third-order valence-electron chi connectivity index (χ3n) is 3.98. The van der Waals surface area contributed by atoms with Crippen LogP contribution in [0, 0.1) is 6.92 Å². The molecule has 0 saturated carbocycles. The third kappa shape index (κ3) is 3.97. The molecule has 0 aliphatic rings. The van der Waals surface area contributed by atoms with Crippen LogP contribution in [-0.2, 0) is 6.42 Å². The molecule has 0 saturated heterocycles. The zero-order valence-corrected chi connectivity index (χ0v) is 15.5. The molecule has 3 N–H and O–H groups in total. The standard InChI is InChI=1S/C18H21N5O2S/c1-11(9-24)23-17(25)15-12(2)14-16(21-10-22-18(14)26-15)20-8-6-13-5-3-4-7-19-13/h3-5,7,10-11,24H,6,8-9H2,1-2H3,(H,23,25)(H,20,21,22)/t11-/m0/s1. The molecule has 136 valence electrons. The minimum Gasteiger partial charge on any atom is -0.394 e. The summed E-state index contributed by atoms with van der Waals surface area (Å²) in [6.07, 6.45) is 4.05. The lowest BCUT2D eigenvalue weighted by molar-refractivity contribution is 0.0926. The van der Waals surface area contributed by atoms with E-state index in [9.17, 15) is 4.79 Å². The molecule has 3 rings (SSSR count). The van der Waals surface area contributed by atoms with Crippen LogP contribution in [0.25, 0.3) is 10.2 Å². The number of carbonyl (C=O) groups is 1. The Balaban J connectivity index is 1.79. The Bertz CT molecular complexity index is 897. The van der Waals surface area contributed by atoms with Crippen LogP contribution in [-0.4, -0.2) is 45.2 Å². The number of amides is 1. The maximum absolute atomic E-state index is 12.4. The summed E-state index contributed by atoms with van der Waals surface area (Å²) < 4.78 is 0. The fraction of sp³-hybridized carbons (Fsp3) is 0.333. The van der Waals surface area contributed by atoms with Gasteiger partial charge in [-0.25, -0.2) is 9.97 Å². The van der Waals surface area contributed by atoms with Crippen molar-refractivity contribution in [2.45, 2.75) is 26.3 Å². The van der Waals surface area contributed by atoms with Gasteiger partial charge in [0.25, 0.3) is 5.91 Å². The van der Waals surface area contributed by atoms with Crippen molar-refractivity contribution in [3.63, 3.8) is 0 Å². The molecular weight excluding hydrogens is 350 g/mol.